The minimum atomic E-state index is -0.104. The van der Waals surface area contributed by atoms with E-state index in [2.05, 4.69) is 24.1 Å². The first kappa shape index (κ1) is 16.4. The van der Waals surface area contributed by atoms with Gasteiger partial charge in [-0.3, -0.25) is 0 Å². The van der Waals surface area contributed by atoms with Gasteiger partial charge in [0, 0.05) is 24.2 Å². The first-order valence-corrected chi connectivity index (χ1v) is 8.29. The van der Waals surface area contributed by atoms with Crippen LogP contribution in [0.4, 0.5) is 4.39 Å². The van der Waals surface area contributed by atoms with E-state index in [9.17, 15) is 4.39 Å². The summed E-state index contributed by atoms with van der Waals surface area (Å²) in [6, 6.07) is 7.85. The largest absolute Gasteiger partial charge is 0.313 e. The molecule has 1 aliphatic heterocycles. The zero-order valence-electron chi connectivity index (χ0n) is 13.6. The van der Waals surface area contributed by atoms with Crippen molar-refractivity contribution in [3.8, 4) is 0 Å². The normalized spacial score (nSPS) is 23.5. The fourth-order valence-electron chi connectivity index (χ4n) is 3.55. The highest BCUT2D eigenvalue weighted by atomic mass is 19.1. The molecule has 3 unspecified atom stereocenters. The van der Waals surface area contributed by atoms with E-state index in [-0.39, 0.29) is 11.9 Å². The standard InChI is InChI=1S/C18H29FN2/c1-14(13-21-12-8-4-5-9-15(21)2)18(20-3)16-10-6-7-11-17(16)19/h6-7,10-11,14-15,18,20H,4-5,8-9,12-13H2,1-3H3. The molecule has 0 aliphatic carbocycles. The molecule has 1 fully saturated rings. The molecule has 0 bridgehead atoms. The SMILES string of the molecule is CNC(c1ccccc1F)C(C)CN1CCCCCC1C. The van der Waals surface area contributed by atoms with E-state index in [1.54, 1.807) is 12.1 Å². The second-order valence-corrected chi connectivity index (χ2v) is 6.46. The summed E-state index contributed by atoms with van der Waals surface area (Å²) in [5.74, 6) is 0.278. The second-order valence-electron chi connectivity index (χ2n) is 6.46. The number of nitrogens with one attached hydrogen (secondary N) is 1. The van der Waals surface area contributed by atoms with Crippen LogP contribution in [0.3, 0.4) is 0 Å². The Balaban J connectivity index is 2.06. The summed E-state index contributed by atoms with van der Waals surface area (Å²) in [4.78, 5) is 2.59. The van der Waals surface area contributed by atoms with E-state index in [1.807, 2.05) is 19.2 Å². The van der Waals surface area contributed by atoms with E-state index >= 15 is 0 Å². The lowest BCUT2D eigenvalue weighted by molar-refractivity contribution is 0.168. The molecule has 3 heteroatoms. The summed E-state index contributed by atoms with van der Waals surface area (Å²) in [7, 11) is 1.93. The van der Waals surface area contributed by atoms with E-state index in [0.717, 1.165) is 12.1 Å². The van der Waals surface area contributed by atoms with Gasteiger partial charge in [0.1, 0.15) is 5.82 Å². The molecule has 118 valence electrons. The lowest BCUT2D eigenvalue weighted by Gasteiger charge is -2.33. The summed E-state index contributed by atoms with van der Waals surface area (Å²) >= 11 is 0. The molecule has 0 radical (unpaired) electrons. The lowest BCUT2D eigenvalue weighted by atomic mass is 9.93. The van der Waals surface area contributed by atoms with Crippen molar-refractivity contribution in [2.45, 2.75) is 51.6 Å². The molecule has 0 amide bonds. The van der Waals surface area contributed by atoms with E-state index in [4.69, 9.17) is 0 Å². The molecule has 21 heavy (non-hydrogen) atoms. The Bertz CT molecular complexity index is 435. The molecule has 1 saturated heterocycles. The highest BCUT2D eigenvalue weighted by Crippen LogP contribution is 2.26. The van der Waals surface area contributed by atoms with Crippen molar-refractivity contribution in [1.29, 1.82) is 0 Å². The molecule has 1 aromatic carbocycles. The number of rotatable bonds is 5. The van der Waals surface area contributed by atoms with E-state index in [1.165, 1.54) is 32.2 Å². The molecule has 1 aromatic rings. The predicted molar refractivity (Wildman–Crippen MR) is 86.9 cm³/mol. The molecular formula is C18H29FN2. The number of hydrogen-bond acceptors (Lipinski definition) is 2. The third kappa shape index (κ3) is 4.27. The Kier molecular flexibility index (Phi) is 6.19. The zero-order valence-corrected chi connectivity index (χ0v) is 13.6. The minimum absolute atomic E-state index is 0.0710. The Morgan fingerprint density at radius 1 is 1.29 bits per heavy atom. The Labute approximate surface area is 128 Å². The average molecular weight is 292 g/mol. The fraction of sp³-hybridized carbons (Fsp3) is 0.667. The topological polar surface area (TPSA) is 15.3 Å². The van der Waals surface area contributed by atoms with Crippen LogP contribution in [0.15, 0.2) is 24.3 Å². The van der Waals surface area contributed by atoms with Crippen LogP contribution in [0.2, 0.25) is 0 Å². The average Bonchev–Trinajstić information content (AvgIpc) is 2.67. The Morgan fingerprint density at radius 3 is 2.76 bits per heavy atom. The van der Waals surface area contributed by atoms with Crippen LogP contribution in [-0.4, -0.2) is 31.1 Å². The van der Waals surface area contributed by atoms with Gasteiger partial charge >= 0.3 is 0 Å². The van der Waals surface area contributed by atoms with Crippen LogP contribution >= 0.6 is 0 Å². The summed E-state index contributed by atoms with van der Waals surface area (Å²) in [6.07, 6.45) is 5.27. The minimum Gasteiger partial charge on any atom is -0.313 e. The molecular weight excluding hydrogens is 263 g/mol. The number of likely N-dealkylation sites (tertiary alicyclic amines) is 1. The van der Waals surface area contributed by atoms with Crippen molar-refractivity contribution in [1.82, 2.24) is 10.2 Å². The lowest BCUT2D eigenvalue weighted by Crippen LogP contribution is -2.39. The third-order valence-corrected chi connectivity index (χ3v) is 4.83. The van der Waals surface area contributed by atoms with Crippen molar-refractivity contribution < 1.29 is 4.39 Å². The van der Waals surface area contributed by atoms with Crippen LogP contribution < -0.4 is 5.32 Å². The van der Waals surface area contributed by atoms with Crippen LogP contribution in [0.1, 0.15) is 51.1 Å². The Hall–Kier alpha value is -0.930. The van der Waals surface area contributed by atoms with Gasteiger partial charge in [-0.25, -0.2) is 4.39 Å². The summed E-state index contributed by atoms with van der Waals surface area (Å²) in [5, 5.41) is 3.31. The molecule has 1 heterocycles. The summed E-state index contributed by atoms with van der Waals surface area (Å²) in [6.45, 7) is 6.76. The molecule has 0 spiro atoms. The maximum absolute atomic E-state index is 14.1. The molecule has 0 saturated carbocycles. The maximum atomic E-state index is 14.1. The molecule has 2 rings (SSSR count). The van der Waals surface area contributed by atoms with E-state index in [0.29, 0.717) is 12.0 Å². The van der Waals surface area contributed by atoms with Gasteiger partial charge in [0.2, 0.25) is 0 Å². The zero-order chi connectivity index (χ0) is 15.2. The highest BCUT2D eigenvalue weighted by Gasteiger charge is 2.25. The second kappa shape index (κ2) is 7.90. The smallest absolute Gasteiger partial charge is 0.127 e. The molecule has 0 aromatic heterocycles. The molecule has 1 aliphatic rings. The van der Waals surface area contributed by atoms with Crippen molar-refractivity contribution in [2.24, 2.45) is 5.92 Å². The van der Waals surface area contributed by atoms with Gasteiger partial charge < -0.3 is 10.2 Å². The highest BCUT2D eigenvalue weighted by molar-refractivity contribution is 5.21. The molecule has 2 nitrogen and oxygen atoms in total. The van der Waals surface area contributed by atoms with Gasteiger partial charge in [0.15, 0.2) is 0 Å². The monoisotopic (exact) mass is 292 g/mol. The van der Waals surface area contributed by atoms with Crippen LogP contribution in [-0.2, 0) is 0 Å². The Morgan fingerprint density at radius 2 is 2.05 bits per heavy atom. The van der Waals surface area contributed by atoms with Gasteiger partial charge in [0.05, 0.1) is 0 Å². The molecule has 3 atom stereocenters. The number of halogens is 1. The van der Waals surface area contributed by atoms with Crippen molar-refractivity contribution in [3.05, 3.63) is 35.6 Å². The third-order valence-electron chi connectivity index (χ3n) is 4.83. The number of nitrogens with zero attached hydrogens (tertiary/aromatic N) is 1. The van der Waals surface area contributed by atoms with Crippen molar-refractivity contribution in [2.75, 3.05) is 20.1 Å². The first-order valence-electron chi connectivity index (χ1n) is 8.29. The van der Waals surface area contributed by atoms with Gasteiger partial charge in [-0.2, -0.15) is 0 Å². The van der Waals surface area contributed by atoms with Crippen LogP contribution in [0, 0.1) is 11.7 Å². The fourth-order valence-corrected chi connectivity index (χ4v) is 3.55. The quantitative estimate of drug-likeness (QED) is 0.883. The maximum Gasteiger partial charge on any atom is 0.127 e. The summed E-state index contributed by atoms with van der Waals surface area (Å²) in [5.41, 5.74) is 0.787. The van der Waals surface area contributed by atoms with E-state index < -0.39 is 0 Å². The van der Waals surface area contributed by atoms with Crippen molar-refractivity contribution >= 4 is 0 Å². The summed E-state index contributed by atoms with van der Waals surface area (Å²) < 4.78 is 14.1. The van der Waals surface area contributed by atoms with Crippen molar-refractivity contribution in [3.63, 3.8) is 0 Å². The predicted octanol–water partition coefficient (Wildman–Crippen LogP) is 3.99. The first-order chi connectivity index (χ1) is 10.1. The molecule has 1 N–H and O–H groups in total. The van der Waals surface area contributed by atoms with Gasteiger partial charge in [-0.15, -0.1) is 0 Å². The van der Waals surface area contributed by atoms with Gasteiger partial charge in [0.25, 0.3) is 0 Å². The number of hydrogen-bond donors (Lipinski definition) is 1. The van der Waals surface area contributed by atoms with Crippen LogP contribution in [0.25, 0.3) is 0 Å². The van der Waals surface area contributed by atoms with Gasteiger partial charge in [-0.1, -0.05) is 38.0 Å². The number of benzene rings is 1. The van der Waals surface area contributed by atoms with Gasteiger partial charge in [-0.05, 0) is 45.3 Å². The van der Waals surface area contributed by atoms with Crippen LogP contribution in [0.5, 0.6) is 0 Å².